The Hall–Kier alpha value is -0.860. The highest BCUT2D eigenvalue weighted by atomic mass is 16.4. The molecule has 1 N–H and O–H groups in total. The SMILES string of the molecule is CC(C(=O)C(=O)O)C1CC1. The molecule has 0 radical (unpaired) electrons. The highest BCUT2D eigenvalue weighted by molar-refractivity contribution is 6.33. The molecule has 1 rings (SSSR count). The zero-order valence-corrected chi connectivity index (χ0v) is 5.83. The quantitative estimate of drug-likeness (QED) is 0.590. The number of hydrogen-bond donors (Lipinski definition) is 1. The standard InChI is InChI=1S/C7H10O3/c1-4(5-2-3-5)6(8)7(9)10/h4-5H,2-3H2,1H3,(H,9,10). The molecule has 0 aromatic rings. The van der Waals surface area contributed by atoms with E-state index in [2.05, 4.69) is 0 Å². The maximum atomic E-state index is 10.7. The number of carbonyl (C=O) groups is 2. The van der Waals surface area contributed by atoms with Crippen LogP contribution in [-0.4, -0.2) is 16.9 Å². The van der Waals surface area contributed by atoms with Crippen LogP contribution in [0.25, 0.3) is 0 Å². The Bertz CT molecular complexity index is 170. The maximum absolute atomic E-state index is 10.7. The molecule has 0 bridgehead atoms. The van der Waals surface area contributed by atoms with Crippen molar-refractivity contribution in [1.29, 1.82) is 0 Å². The molecule has 0 heterocycles. The molecule has 3 nitrogen and oxygen atoms in total. The Kier molecular flexibility index (Phi) is 1.74. The van der Waals surface area contributed by atoms with Crippen LogP contribution in [0.1, 0.15) is 19.8 Å². The van der Waals surface area contributed by atoms with Crippen LogP contribution < -0.4 is 0 Å². The summed E-state index contributed by atoms with van der Waals surface area (Å²) in [6, 6.07) is 0. The third kappa shape index (κ3) is 1.35. The smallest absolute Gasteiger partial charge is 0.372 e. The van der Waals surface area contributed by atoms with Crippen molar-refractivity contribution in [1.82, 2.24) is 0 Å². The van der Waals surface area contributed by atoms with Gasteiger partial charge in [-0.3, -0.25) is 4.79 Å². The molecule has 1 unspecified atom stereocenters. The molecular weight excluding hydrogens is 132 g/mol. The molecule has 56 valence electrons. The van der Waals surface area contributed by atoms with Gasteiger partial charge in [0.05, 0.1) is 0 Å². The fourth-order valence-corrected chi connectivity index (χ4v) is 1.01. The Morgan fingerprint density at radius 1 is 1.50 bits per heavy atom. The fraction of sp³-hybridized carbons (Fsp3) is 0.714. The van der Waals surface area contributed by atoms with Crippen LogP contribution in [0.4, 0.5) is 0 Å². The van der Waals surface area contributed by atoms with Gasteiger partial charge in [0.15, 0.2) is 0 Å². The molecule has 0 amide bonds. The zero-order chi connectivity index (χ0) is 7.72. The lowest BCUT2D eigenvalue weighted by atomic mass is 10.0. The van der Waals surface area contributed by atoms with Gasteiger partial charge in [-0.05, 0) is 18.8 Å². The minimum Gasteiger partial charge on any atom is -0.475 e. The summed E-state index contributed by atoms with van der Waals surface area (Å²) >= 11 is 0. The molecule has 1 atom stereocenters. The van der Waals surface area contributed by atoms with Crippen LogP contribution in [0.5, 0.6) is 0 Å². The van der Waals surface area contributed by atoms with Crippen molar-refractivity contribution in [3.05, 3.63) is 0 Å². The molecule has 1 aliphatic carbocycles. The number of hydrogen-bond acceptors (Lipinski definition) is 2. The monoisotopic (exact) mass is 142 g/mol. The number of carboxylic acid groups (broad SMARTS) is 1. The highest BCUT2D eigenvalue weighted by Crippen LogP contribution is 2.36. The van der Waals surface area contributed by atoms with E-state index in [0.717, 1.165) is 12.8 Å². The largest absolute Gasteiger partial charge is 0.475 e. The fourth-order valence-electron chi connectivity index (χ4n) is 1.01. The lowest BCUT2D eigenvalue weighted by Crippen LogP contribution is -2.22. The van der Waals surface area contributed by atoms with E-state index < -0.39 is 11.8 Å². The van der Waals surface area contributed by atoms with E-state index in [4.69, 9.17) is 5.11 Å². The molecule has 3 heteroatoms. The number of carboxylic acids is 1. The van der Waals surface area contributed by atoms with Gasteiger partial charge in [0.25, 0.3) is 0 Å². The first-order valence-electron chi connectivity index (χ1n) is 3.40. The Morgan fingerprint density at radius 2 is 2.00 bits per heavy atom. The molecule has 1 aliphatic rings. The number of ketones is 1. The average molecular weight is 142 g/mol. The second-order valence-electron chi connectivity index (χ2n) is 2.80. The van der Waals surface area contributed by atoms with Crippen molar-refractivity contribution in [3.63, 3.8) is 0 Å². The van der Waals surface area contributed by atoms with Crippen LogP contribution in [0.2, 0.25) is 0 Å². The minimum absolute atomic E-state index is 0.266. The molecule has 1 saturated carbocycles. The van der Waals surface area contributed by atoms with E-state index >= 15 is 0 Å². The van der Waals surface area contributed by atoms with Crippen LogP contribution in [0.3, 0.4) is 0 Å². The van der Waals surface area contributed by atoms with Crippen molar-refractivity contribution < 1.29 is 14.7 Å². The summed E-state index contributed by atoms with van der Waals surface area (Å²) < 4.78 is 0. The van der Waals surface area contributed by atoms with Gasteiger partial charge >= 0.3 is 5.97 Å². The van der Waals surface area contributed by atoms with Crippen LogP contribution in [0, 0.1) is 11.8 Å². The summed E-state index contributed by atoms with van der Waals surface area (Å²) in [5.41, 5.74) is 0. The van der Waals surface area contributed by atoms with Gasteiger partial charge in [-0.1, -0.05) is 6.92 Å². The maximum Gasteiger partial charge on any atom is 0.372 e. The van der Waals surface area contributed by atoms with Gasteiger partial charge in [-0.15, -0.1) is 0 Å². The summed E-state index contributed by atoms with van der Waals surface area (Å²) in [5, 5.41) is 8.28. The van der Waals surface area contributed by atoms with Gasteiger partial charge in [0.1, 0.15) is 0 Å². The lowest BCUT2D eigenvalue weighted by molar-refractivity contribution is -0.151. The van der Waals surface area contributed by atoms with Crippen molar-refractivity contribution >= 4 is 11.8 Å². The molecule has 1 fully saturated rings. The molecule has 10 heavy (non-hydrogen) atoms. The molecule has 0 aromatic heterocycles. The van der Waals surface area contributed by atoms with E-state index in [1.165, 1.54) is 0 Å². The first-order chi connectivity index (χ1) is 4.63. The van der Waals surface area contributed by atoms with E-state index in [1.807, 2.05) is 0 Å². The third-order valence-corrected chi connectivity index (χ3v) is 1.95. The number of aliphatic carboxylic acids is 1. The Balaban J connectivity index is 2.46. The zero-order valence-electron chi connectivity index (χ0n) is 5.83. The summed E-state index contributed by atoms with van der Waals surface area (Å²) in [5.74, 6) is -1.84. The molecule has 0 saturated heterocycles. The predicted molar refractivity (Wildman–Crippen MR) is 34.5 cm³/mol. The second-order valence-corrected chi connectivity index (χ2v) is 2.80. The first kappa shape index (κ1) is 7.25. The van der Waals surface area contributed by atoms with E-state index in [0.29, 0.717) is 5.92 Å². The van der Waals surface area contributed by atoms with Gasteiger partial charge < -0.3 is 5.11 Å². The van der Waals surface area contributed by atoms with Gasteiger partial charge in [0, 0.05) is 5.92 Å². The number of carbonyl (C=O) groups excluding carboxylic acids is 1. The molecule has 0 aromatic carbocycles. The number of Topliss-reactive ketones (excluding diaryl/α,β-unsaturated/α-hetero) is 1. The minimum atomic E-state index is -1.29. The van der Waals surface area contributed by atoms with E-state index in [9.17, 15) is 9.59 Å². The highest BCUT2D eigenvalue weighted by Gasteiger charge is 2.35. The van der Waals surface area contributed by atoms with Crippen molar-refractivity contribution in [2.24, 2.45) is 11.8 Å². The van der Waals surface area contributed by atoms with Gasteiger partial charge in [0.2, 0.25) is 5.78 Å². The van der Waals surface area contributed by atoms with Crippen LogP contribution >= 0.6 is 0 Å². The summed E-state index contributed by atoms with van der Waals surface area (Å²) in [7, 11) is 0. The van der Waals surface area contributed by atoms with E-state index in [1.54, 1.807) is 6.92 Å². The summed E-state index contributed by atoms with van der Waals surface area (Å²) in [6.07, 6.45) is 2.03. The first-order valence-corrected chi connectivity index (χ1v) is 3.40. The Labute approximate surface area is 59.0 Å². The van der Waals surface area contributed by atoms with Crippen LogP contribution in [-0.2, 0) is 9.59 Å². The molecular formula is C7H10O3. The van der Waals surface area contributed by atoms with Crippen molar-refractivity contribution in [3.8, 4) is 0 Å². The lowest BCUT2D eigenvalue weighted by Gasteiger charge is -2.02. The third-order valence-electron chi connectivity index (χ3n) is 1.95. The van der Waals surface area contributed by atoms with Crippen molar-refractivity contribution in [2.45, 2.75) is 19.8 Å². The topological polar surface area (TPSA) is 54.4 Å². The average Bonchev–Trinajstić information content (AvgIpc) is 2.65. The van der Waals surface area contributed by atoms with E-state index in [-0.39, 0.29) is 5.92 Å². The molecule has 0 aliphatic heterocycles. The number of rotatable bonds is 3. The van der Waals surface area contributed by atoms with Crippen LogP contribution in [0.15, 0.2) is 0 Å². The second kappa shape index (κ2) is 2.40. The predicted octanol–water partition coefficient (Wildman–Crippen LogP) is 0.686. The van der Waals surface area contributed by atoms with Gasteiger partial charge in [-0.25, -0.2) is 4.79 Å². The van der Waals surface area contributed by atoms with Crippen molar-refractivity contribution in [2.75, 3.05) is 0 Å². The summed E-state index contributed by atoms with van der Waals surface area (Å²) in [6.45, 7) is 1.69. The molecule has 0 spiro atoms. The summed E-state index contributed by atoms with van der Waals surface area (Å²) in [4.78, 5) is 20.8. The van der Waals surface area contributed by atoms with Gasteiger partial charge in [-0.2, -0.15) is 0 Å². The Morgan fingerprint density at radius 3 is 2.30 bits per heavy atom. The normalized spacial score (nSPS) is 20.1.